The van der Waals surface area contributed by atoms with E-state index in [9.17, 15) is 9.59 Å². The highest BCUT2D eigenvalue weighted by Crippen LogP contribution is 2.27. The maximum atomic E-state index is 12.1. The summed E-state index contributed by atoms with van der Waals surface area (Å²) in [6, 6.07) is 2.92. The lowest BCUT2D eigenvalue weighted by atomic mass is 9.97. The van der Waals surface area contributed by atoms with Gasteiger partial charge in [0, 0.05) is 11.8 Å². The number of nitrogens with zero attached hydrogens (tertiary/aromatic N) is 3. The Labute approximate surface area is 156 Å². The van der Waals surface area contributed by atoms with Crippen molar-refractivity contribution in [1.29, 1.82) is 0 Å². The predicted octanol–water partition coefficient (Wildman–Crippen LogP) is 1.98. The molecule has 0 spiro atoms. The summed E-state index contributed by atoms with van der Waals surface area (Å²) in [7, 11) is 0. The molecule has 1 aliphatic rings. The van der Waals surface area contributed by atoms with E-state index in [4.69, 9.17) is 14.0 Å². The van der Waals surface area contributed by atoms with Crippen LogP contribution >= 0.6 is 0 Å². The van der Waals surface area contributed by atoms with E-state index in [-0.39, 0.29) is 30.0 Å². The minimum atomic E-state index is -1.13. The van der Waals surface area contributed by atoms with E-state index in [1.54, 1.807) is 6.07 Å². The zero-order valence-corrected chi connectivity index (χ0v) is 15.5. The molecule has 146 valence electrons. The lowest BCUT2D eigenvalue weighted by molar-refractivity contribution is -0.122. The molecule has 9 nitrogen and oxygen atoms in total. The van der Waals surface area contributed by atoms with Crippen LogP contribution in [0.4, 0.5) is 0 Å². The van der Waals surface area contributed by atoms with Crippen LogP contribution in [-0.4, -0.2) is 51.7 Å². The van der Waals surface area contributed by atoms with Gasteiger partial charge in [-0.3, -0.25) is 9.69 Å². The Balaban J connectivity index is 1.41. The molecule has 2 aromatic rings. The van der Waals surface area contributed by atoms with Crippen molar-refractivity contribution in [2.24, 2.45) is 0 Å². The van der Waals surface area contributed by atoms with E-state index in [1.807, 2.05) is 13.8 Å². The number of carbonyl (C=O) groups excluding carboxylic acids is 1. The van der Waals surface area contributed by atoms with Crippen LogP contribution in [0.5, 0.6) is 0 Å². The van der Waals surface area contributed by atoms with Crippen LogP contribution in [0.15, 0.2) is 21.1 Å². The summed E-state index contributed by atoms with van der Waals surface area (Å²) >= 11 is 0. The number of piperidine rings is 1. The predicted molar refractivity (Wildman–Crippen MR) is 94.3 cm³/mol. The molecule has 0 radical (unpaired) electrons. The maximum Gasteiger partial charge on any atom is 0.371 e. The summed E-state index contributed by atoms with van der Waals surface area (Å²) in [6.45, 7) is 6.08. The number of hydrogen-bond donors (Lipinski definition) is 2. The third kappa shape index (κ3) is 4.94. The minimum Gasteiger partial charge on any atom is -0.475 e. The van der Waals surface area contributed by atoms with Gasteiger partial charge in [-0.25, -0.2) is 4.79 Å². The summed E-state index contributed by atoms with van der Waals surface area (Å²) in [6.07, 6.45) is 1.74. The first-order valence-corrected chi connectivity index (χ1v) is 9.07. The smallest absolute Gasteiger partial charge is 0.371 e. The van der Waals surface area contributed by atoms with E-state index in [1.165, 1.54) is 6.07 Å². The average molecular weight is 376 g/mol. The highest BCUT2D eigenvalue weighted by Gasteiger charge is 2.26. The molecule has 0 aliphatic carbocycles. The molecule has 27 heavy (non-hydrogen) atoms. The van der Waals surface area contributed by atoms with Crippen molar-refractivity contribution in [2.45, 2.75) is 45.1 Å². The first-order valence-electron chi connectivity index (χ1n) is 9.07. The highest BCUT2D eigenvalue weighted by molar-refractivity contribution is 5.84. The fraction of sp³-hybridized carbons (Fsp3) is 0.556. The van der Waals surface area contributed by atoms with E-state index >= 15 is 0 Å². The van der Waals surface area contributed by atoms with Crippen LogP contribution in [0.3, 0.4) is 0 Å². The summed E-state index contributed by atoms with van der Waals surface area (Å²) in [5.41, 5.74) is 0. The van der Waals surface area contributed by atoms with Crippen molar-refractivity contribution in [2.75, 3.05) is 19.6 Å². The number of aromatic carboxylic acids is 1. The molecule has 2 aromatic heterocycles. The Morgan fingerprint density at radius 2 is 2.07 bits per heavy atom. The fourth-order valence-corrected chi connectivity index (χ4v) is 3.02. The number of likely N-dealkylation sites (tertiary alicyclic amines) is 1. The quantitative estimate of drug-likeness (QED) is 0.752. The second-order valence-electron chi connectivity index (χ2n) is 7.04. The molecule has 9 heteroatoms. The van der Waals surface area contributed by atoms with E-state index < -0.39 is 5.97 Å². The number of carbonyl (C=O) groups is 2. The van der Waals surface area contributed by atoms with Gasteiger partial charge in [0.05, 0.1) is 13.1 Å². The van der Waals surface area contributed by atoms with Crippen molar-refractivity contribution >= 4 is 11.9 Å². The van der Waals surface area contributed by atoms with Gasteiger partial charge in [-0.15, -0.1) is 0 Å². The lowest BCUT2D eigenvalue weighted by Gasteiger charge is -2.29. The highest BCUT2D eigenvalue weighted by atomic mass is 16.5. The number of carboxylic acids is 1. The SMILES string of the molecule is CC(C)c1noc(C2CCN(CC(=O)NCc3ccc(C(=O)O)o3)CC2)n1. The third-order valence-electron chi connectivity index (χ3n) is 4.61. The van der Waals surface area contributed by atoms with E-state index in [2.05, 4.69) is 20.4 Å². The van der Waals surface area contributed by atoms with Gasteiger partial charge < -0.3 is 19.4 Å². The van der Waals surface area contributed by atoms with Crippen LogP contribution in [0.2, 0.25) is 0 Å². The van der Waals surface area contributed by atoms with Gasteiger partial charge in [-0.2, -0.15) is 4.98 Å². The molecule has 1 aliphatic heterocycles. The monoisotopic (exact) mass is 376 g/mol. The largest absolute Gasteiger partial charge is 0.475 e. The molecule has 3 rings (SSSR count). The Morgan fingerprint density at radius 3 is 2.67 bits per heavy atom. The molecule has 0 saturated carbocycles. The zero-order chi connectivity index (χ0) is 19.4. The van der Waals surface area contributed by atoms with Crippen LogP contribution in [-0.2, 0) is 11.3 Å². The third-order valence-corrected chi connectivity index (χ3v) is 4.61. The Morgan fingerprint density at radius 1 is 1.33 bits per heavy atom. The molecule has 0 atom stereocenters. The molecule has 0 bridgehead atoms. The zero-order valence-electron chi connectivity index (χ0n) is 15.5. The number of hydrogen-bond acceptors (Lipinski definition) is 7. The average Bonchev–Trinajstić information content (AvgIpc) is 3.30. The molecular weight excluding hydrogens is 352 g/mol. The van der Waals surface area contributed by atoms with Crippen LogP contribution < -0.4 is 5.32 Å². The number of furan rings is 1. The Kier molecular flexibility index (Phi) is 5.90. The van der Waals surface area contributed by atoms with Crippen molar-refractivity contribution in [3.05, 3.63) is 35.4 Å². The molecule has 1 saturated heterocycles. The standard InChI is InChI=1S/C18H24N4O5/c1-11(2)16-20-17(27-21-16)12-5-7-22(8-6-12)10-15(23)19-9-13-3-4-14(26-13)18(24)25/h3-4,11-12H,5-10H2,1-2H3,(H,19,23)(H,24,25). The van der Waals surface area contributed by atoms with Crippen molar-refractivity contribution in [3.8, 4) is 0 Å². The summed E-state index contributed by atoms with van der Waals surface area (Å²) in [5, 5.41) is 15.6. The van der Waals surface area contributed by atoms with E-state index in [0.717, 1.165) is 31.8 Å². The number of rotatable bonds is 7. The Hall–Kier alpha value is -2.68. The van der Waals surface area contributed by atoms with Gasteiger partial charge in [-0.05, 0) is 38.1 Å². The van der Waals surface area contributed by atoms with Crippen LogP contribution in [0, 0.1) is 0 Å². The van der Waals surface area contributed by atoms with Crippen molar-refractivity contribution < 1.29 is 23.6 Å². The fourth-order valence-electron chi connectivity index (χ4n) is 3.02. The first kappa shape index (κ1) is 19.1. The van der Waals surface area contributed by atoms with Gasteiger partial charge >= 0.3 is 5.97 Å². The topological polar surface area (TPSA) is 122 Å². The molecule has 1 amide bonds. The number of carboxylic acid groups (broad SMARTS) is 1. The summed E-state index contributed by atoms with van der Waals surface area (Å²) in [5.74, 6) is 0.929. The molecule has 0 aromatic carbocycles. The van der Waals surface area contributed by atoms with Crippen LogP contribution in [0.1, 0.15) is 66.6 Å². The van der Waals surface area contributed by atoms with Crippen molar-refractivity contribution in [1.82, 2.24) is 20.4 Å². The summed E-state index contributed by atoms with van der Waals surface area (Å²) < 4.78 is 10.5. The number of nitrogens with one attached hydrogen (secondary N) is 1. The molecule has 3 heterocycles. The number of amides is 1. The van der Waals surface area contributed by atoms with Crippen molar-refractivity contribution in [3.63, 3.8) is 0 Å². The minimum absolute atomic E-state index is 0.124. The second-order valence-corrected chi connectivity index (χ2v) is 7.04. The van der Waals surface area contributed by atoms with Gasteiger partial charge in [-0.1, -0.05) is 19.0 Å². The molecule has 0 unspecified atom stereocenters. The number of aromatic nitrogens is 2. The maximum absolute atomic E-state index is 12.1. The van der Waals surface area contributed by atoms with Gasteiger partial charge in [0.1, 0.15) is 5.76 Å². The Bertz CT molecular complexity index is 789. The van der Waals surface area contributed by atoms with Crippen LogP contribution in [0.25, 0.3) is 0 Å². The normalized spacial score (nSPS) is 16.0. The van der Waals surface area contributed by atoms with Gasteiger partial charge in [0.2, 0.25) is 17.6 Å². The van der Waals surface area contributed by atoms with Gasteiger partial charge in [0.15, 0.2) is 5.82 Å². The molecule has 2 N–H and O–H groups in total. The van der Waals surface area contributed by atoms with E-state index in [0.29, 0.717) is 18.2 Å². The molecule has 1 fully saturated rings. The van der Waals surface area contributed by atoms with Gasteiger partial charge in [0.25, 0.3) is 0 Å². The molecular formula is C18H24N4O5. The lowest BCUT2D eigenvalue weighted by Crippen LogP contribution is -2.41. The first-order chi connectivity index (χ1) is 12.9. The summed E-state index contributed by atoms with van der Waals surface area (Å²) in [4.78, 5) is 29.4. The second kappa shape index (κ2) is 8.34.